The first-order chi connectivity index (χ1) is 16.5. The minimum Gasteiger partial charge on any atom is -0.504 e. The van der Waals surface area contributed by atoms with E-state index in [1.54, 1.807) is 43.3 Å². The quantitative estimate of drug-likeness (QED) is 0.476. The molecule has 0 fully saturated rings. The van der Waals surface area contributed by atoms with Gasteiger partial charge in [-0.25, -0.2) is 9.98 Å². The Kier molecular flexibility index (Phi) is 5.18. The summed E-state index contributed by atoms with van der Waals surface area (Å²) in [4.78, 5) is 36.2. The van der Waals surface area contributed by atoms with Crippen LogP contribution in [0.4, 0.5) is 0 Å². The van der Waals surface area contributed by atoms with Crippen molar-refractivity contribution in [2.45, 2.75) is 6.92 Å². The highest BCUT2D eigenvalue weighted by atomic mass is 16.5. The van der Waals surface area contributed by atoms with Crippen molar-refractivity contribution >= 4 is 28.7 Å². The van der Waals surface area contributed by atoms with Crippen LogP contribution in [0.25, 0.3) is 28.4 Å². The number of fused-ring (bicyclic) bond motifs is 1. The van der Waals surface area contributed by atoms with E-state index in [4.69, 9.17) is 9.72 Å². The van der Waals surface area contributed by atoms with Crippen LogP contribution in [0.1, 0.15) is 12.5 Å². The van der Waals surface area contributed by atoms with Crippen LogP contribution in [0.15, 0.2) is 88.3 Å². The van der Waals surface area contributed by atoms with Crippen LogP contribution in [0.3, 0.4) is 0 Å². The van der Waals surface area contributed by atoms with Gasteiger partial charge in [0.05, 0.1) is 18.0 Å². The lowest BCUT2D eigenvalue weighted by Crippen LogP contribution is -2.47. The number of amidine groups is 1. The Hall–Kier alpha value is -4.72. The fourth-order valence-corrected chi connectivity index (χ4v) is 3.88. The molecule has 1 amide bonds. The Bertz CT molecular complexity index is 1550. The summed E-state index contributed by atoms with van der Waals surface area (Å²) in [5.41, 5.74) is 1.61. The van der Waals surface area contributed by atoms with Crippen molar-refractivity contribution in [2.24, 2.45) is 4.99 Å². The number of hydrogen-bond acceptors (Lipinski definition) is 6. The summed E-state index contributed by atoms with van der Waals surface area (Å²) >= 11 is 0. The molecule has 0 aliphatic carbocycles. The molecule has 8 nitrogen and oxygen atoms in total. The highest BCUT2D eigenvalue weighted by Gasteiger charge is 2.32. The van der Waals surface area contributed by atoms with Gasteiger partial charge in [-0.05, 0) is 42.8 Å². The number of aromatic nitrogens is 2. The molecule has 5 rings (SSSR count). The van der Waals surface area contributed by atoms with Gasteiger partial charge >= 0.3 is 0 Å². The summed E-state index contributed by atoms with van der Waals surface area (Å²) in [5, 5.41) is 11.5. The van der Waals surface area contributed by atoms with Crippen molar-refractivity contribution < 1.29 is 14.6 Å². The van der Waals surface area contributed by atoms with Gasteiger partial charge in [0.15, 0.2) is 17.3 Å². The Morgan fingerprint density at radius 3 is 2.47 bits per heavy atom. The second-order valence-corrected chi connectivity index (χ2v) is 7.67. The minimum absolute atomic E-state index is 0.00926. The third-order valence-electron chi connectivity index (χ3n) is 5.49. The molecule has 0 spiro atoms. The number of amides is 1. The van der Waals surface area contributed by atoms with Gasteiger partial charge in [0.25, 0.3) is 11.5 Å². The normalized spacial score (nSPS) is 14.6. The number of aliphatic imine (C=N–C) groups is 1. The Labute approximate surface area is 194 Å². The molecule has 34 heavy (non-hydrogen) atoms. The predicted octanol–water partition coefficient (Wildman–Crippen LogP) is 3.72. The molecule has 0 bridgehead atoms. The highest BCUT2D eigenvalue weighted by Crippen LogP contribution is 2.28. The van der Waals surface area contributed by atoms with Crippen LogP contribution in [0.5, 0.6) is 11.5 Å². The average Bonchev–Trinajstić information content (AvgIpc) is 3.13. The Morgan fingerprint density at radius 2 is 1.71 bits per heavy atom. The third-order valence-corrected chi connectivity index (χ3v) is 5.49. The number of aromatic hydroxyl groups is 1. The van der Waals surface area contributed by atoms with Crippen molar-refractivity contribution in [3.63, 3.8) is 0 Å². The number of carbonyl (C=O) groups excluding carboxylic acids is 1. The van der Waals surface area contributed by atoms with Crippen molar-refractivity contribution in [3.05, 3.63) is 94.4 Å². The molecule has 0 atom stereocenters. The fourth-order valence-electron chi connectivity index (χ4n) is 3.88. The van der Waals surface area contributed by atoms with Crippen molar-refractivity contribution in [1.29, 1.82) is 0 Å². The zero-order valence-electron chi connectivity index (χ0n) is 18.5. The summed E-state index contributed by atoms with van der Waals surface area (Å²) in [6.45, 7) is 1.66. The molecular weight excluding hydrogens is 432 g/mol. The van der Waals surface area contributed by atoms with E-state index in [0.717, 1.165) is 0 Å². The van der Waals surface area contributed by atoms with Crippen LogP contribution in [-0.4, -0.2) is 33.6 Å². The van der Waals surface area contributed by atoms with Gasteiger partial charge in [-0.1, -0.05) is 48.5 Å². The zero-order valence-corrected chi connectivity index (χ0v) is 18.5. The predicted molar refractivity (Wildman–Crippen MR) is 130 cm³/mol. The number of carbonyl (C=O) groups is 1. The molecular formula is C26H20N4O4. The van der Waals surface area contributed by atoms with Gasteiger partial charge in [-0.15, -0.1) is 0 Å². The van der Waals surface area contributed by atoms with Crippen LogP contribution >= 0.6 is 0 Å². The number of nitrogens with zero attached hydrogens (tertiary/aromatic N) is 4. The van der Waals surface area contributed by atoms with Crippen molar-refractivity contribution in [1.82, 2.24) is 9.66 Å². The molecule has 1 N–H and O–H groups in total. The number of ether oxygens (including phenoxy) is 1. The molecule has 3 aromatic carbocycles. The number of rotatable bonds is 4. The zero-order chi connectivity index (χ0) is 23.8. The molecule has 0 saturated heterocycles. The second kappa shape index (κ2) is 8.32. The second-order valence-electron chi connectivity index (χ2n) is 7.67. The Balaban J connectivity index is 1.67. The number of phenols is 1. The van der Waals surface area contributed by atoms with Crippen LogP contribution in [-0.2, 0) is 4.79 Å². The fraction of sp³-hybridized carbons (Fsp3) is 0.0769. The van der Waals surface area contributed by atoms with E-state index in [2.05, 4.69) is 4.99 Å². The van der Waals surface area contributed by atoms with Crippen LogP contribution < -0.4 is 15.3 Å². The lowest BCUT2D eigenvalue weighted by atomic mass is 10.1. The molecule has 1 aliphatic heterocycles. The largest absolute Gasteiger partial charge is 0.504 e. The highest BCUT2D eigenvalue weighted by molar-refractivity contribution is 6.24. The average molecular weight is 452 g/mol. The smallest absolute Gasteiger partial charge is 0.297 e. The van der Waals surface area contributed by atoms with Gasteiger partial charge in [-0.3, -0.25) is 9.59 Å². The number of hydrogen-bond donors (Lipinski definition) is 1. The maximum Gasteiger partial charge on any atom is 0.297 e. The topological polar surface area (TPSA) is 97.0 Å². The van der Waals surface area contributed by atoms with Gasteiger partial charge < -0.3 is 9.84 Å². The lowest BCUT2D eigenvalue weighted by molar-refractivity contribution is -0.115. The van der Waals surface area contributed by atoms with E-state index in [1.807, 2.05) is 36.4 Å². The van der Waals surface area contributed by atoms with E-state index in [9.17, 15) is 14.7 Å². The van der Waals surface area contributed by atoms with E-state index >= 15 is 0 Å². The van der Waals surface area contributed by atoms with Gasteiger partial charge in [0, 0.05) is 5.56 Å². The molecule has 4 aromatic rings. The number of phenolic OH excluding ortho intramolecular Hbond substituents is 1. The first kappa shape index (κ1) is 21.1. The molecule has 1 aliphatic rings. The van der Waals surface area contributed by atoms with Gasteiger partial charge in [0.1, 0.15) is 11.5 Å². The first-order valence-electron chi connectivity index (χ1n) is 10.5. The number of methoxy groups -OCH3 is 1. The minimum atomic E-state index is -0.471. The molecule has 1 aromatic heterocycles. The van der Waals surface area contributed by atoms with Crippen molar-refractivity contribution in [3.8, 4) is 22.9 Å². The van der Waals surface area contributed by atoms with Crippen molar-refractivity contribution in [2.75, 3.05) is 12.1 Å². The summed E-state index contributed by atoms with van der Waals surface area (Å²) in [6.07, 6.45) is 1.58. The van der Waals surface area contributed by atoms with Gasteiger partial charge in [0.2, 0.25) is 0 Å². The van der Waals surface area contributed by atoms with E-state index in [-0.39, 0.29) is 22.8 Å². The summed E-state index contributed by atoms with van der Waals surface area (Å²) in [7, 11) is 1.45. The van der Waals surface area contributed by atoms with Crippen LogP contribution in [0, 0.1) is 0 Å². The molecule has 8 heteroatoms. The monoisotopic (exact) mass is 452 g/mol. The molecule has 168 valence electrons. The molecule has 0 radical (unpaired) electrons. The SMILES string of the molecule is COc1cc(/C=C2/N=C(C)N(n3c(-c4ccccc4)nc4ccccc4c3=O)C2=O)ccc1O. The van der Waals surface area contributed by atoms with Gasteiger partial charge in [-0.2, -0.15) is 9.69 Å². The standard InChI is InChI=1S/C26H20N4O4/c1-16-27-21(14-17-12-13-22(31)23(15-17)34-2)26(33)29(16)30-24(18-8-4-3-5-9-18)28-20-11-7-6-10-19(20)25(30)32/h3-15,31H,1-2H3/b21-14+. The molecule has 2 heterocycles. The van der Waals surface area contributed by atoms with Crippen LogP contribution in [0.2, 0.25) is 0 Å². The third kappa shape index (κ3) is 3.51. The van der Waals surface area contributed by atoms with E-state index < -0.39 is 5.91 Å². The van der Waals surface area contributed by atoms with E-state index in [1.165, 1.54) is 22.9 Å². The molecule has 0 saturated carbocycles. The maximum atomic E-state index is 13.6. The first-order valence-corrected chi connectivity index (χ1v) is 10.5. The number of para-hydroxylation sites is 1. The summed E-state index contributed by atoms with van der Waals surface area (Å²) < 4.78 is 6.42. The summed E-state index contributed by atoms with van der Waals surface area (Å²) in [6, 6.07) is 21.0. The lowest BCUT2D eigenvalue weighted by Gasteiger charge is -2.22. The Morgan fingerprint density at radius 1 is 0.971 bits per heavy atom. The van der Waals surface area contributed by atoms with E-state index in [0.29, 0.717) is 33.7 Å². The summed E-state index contributed by atoms with van der Waals surface area (Å²) in [5.74, 6) is 0.461. The number of benzene rings is 3. The molecule has 0 unspecified atom stereocenters. The maximum absolute atomic E-state index is 13.6.